The fourth-order valence-electron chi connectivity index (χ4n) is 2.21. The van der Waals surface area contributed by atoms with Gasteiger partial charge in [0, 0.05) is 31.4 Å². The van der Waals surface area contributed by atoms with Gasteiger partial charge in [-0.2, -0.15) is 0 Å². The Bertz CT molecular complexity index is 347. The largest absolute Gasteiger partial charge is 0.359 e. The van der Waals surface area contributed by atoms with Crippen molar-refractivity contribution in [1.29, 1.82) is 0 Å². The molecule has 1 aromatic heterocycles. The number of aryl methyl sites for hydroxylation is 1. The molecule has 0 unspecified atom stereocenters. The zero-order valence-corrected chi connectivity index (χ0v) is 10.1. The summed E-state index contributed by atoms with van der Waals surface area (Å²) in [6.07, 6.45) is 4.90. The predicted molar refractivity (Wildman–Crippen MR) is 65.4 cm³/mol. The van der Waals surface area contributed by atoms with Crippen molar-refractivity contribution < 1.29 is 0 Å². The van der Waals surface area contributed by atoms with Gasteiger partial charge in [-0.25, -0.2) is 9.97 Å². The number of nitrogens with zero attached hydrogens (tertiary/aromatic N) is 3. The second-order valence-electron chi connectivity index (χ2n) is 4.70. The normalized spacial score (nSPS) is 23.9. The first-order valence-corrected chi connectivity index (χ1v) is 5.96. The number of rotatable bonds is 4. The van der Waals surface area contributed by atoms with E-state index in [9.17, 15) is 0 Å². The Hall–Kier alpha value is -1.16. The number of nitrogens with two attached hydrogens (primary N) is 1. The summed E-state index contributed by atoms with van der Waals surface area (Å²) in [6, 6.07) is 2.49. The lowest BCUT2D eigenvalue weighted by Crippen LogP contribution is -2.42. The van der Waals surface area contributed by atoms with Gasteiger partial charge in [0.25, 0.3) is 0 Å². The summed E-state index contributed by atoms with van der Waals surface area (Å²) in [6.45, 7) is 3.16. The molecule has 0 aliphatic heterocycles. The monoisotopic (exact) mass is 220 g/mol. The Balaban J connectivity index is 1.94. The van der Waals surface area contributed by atoms with Crippen molar-refractivity contribution >= 4 is 5.82 Å². The number of anilines is 1. The maximum Gasteiger partial charge on any atom is 0.131 e. The molecule has 0 spiro atoms. The molecule has 16 heavy (non-hydrogen) atoms. The van der Waals surface area contributed by atoms with Crippen LogP contribution in [0.15, 0.2) is 12.4 Å². The molecule has 88 valence electrons. The zero-order chi connectivity index (χ0) is 11.5. The highest BCUT2D eigenvalue weighted by Gasteiger charge is 2.27. The van der Waals surface area contributed by atoms with E-state index in [-0.39, 0.29) is 0 Å². The van der Waals surface area contributed by atoms with Crippen molar-refractivity contribution in [2.45, 2.75) is 32.2 Å². The van der Waals surface area contributed by atoms with Crippen LogP contribution in [0.5, 0.6) is 0 Å². The van der Waals surface area contributed by atoms with Crippen LogP contribution in [0.1, 0.15) is 25.5 Å². The van der Waals surface area contributed by atoms with Gasteiger partial charge in [-0.1, -0.05) is 6.92 Å². The third kappa shape index (κ3) is 2.50. The fraction of sp³-hybridized carbons (Fsp3) is 0.667. The third-order valence-electron chi connectivity index (χ3n) is 3.27. The summed E-state index contributed by atoms with van der Waals surface area (Å²) in [5.41, 5.74) is 6.88. The minimum absolute atomic E-state index is 0.426. The minimum atomic E-state index is 0.426. The van der Waals surface area contributed by atoms with E-state index in [0.717, 1.165) is 43.2 Å². The maximum atomic E-state index is 5.78. The van der Waals surface area contributed by atoms with Gasteiger partial charge < -0.3 is 10.6 Å². The van der Waals surface area contributed by atoms with Crippen LogP contribution in [0.4, 0.5) is 5.82 Å². The average Bonchev–Trinajstić information content (AvgIpc) is 2.27. The van der Waals surface area contributed by atoms with Gasteiger partial charge in [0.1, 0.15) is 12.1 Å². The summed E-state index contributed by atoms with van der Waals surface area (Å²) in [7, 11) is 2.09. The second-order valence-corrected chi connectivity index (χ2v) is 4.70. The summed E-state index contributed by atoms with van der Waals surface area (Å²) >= 11 is 0. The van der Waals surface area contributed by atoms with Crippen LogP contribution < -0.4 is 10.6 Å². The van der Waals surface area contributed by atoms with Crippen molar-refractivity contribution in [3.8, 4) is 0 Å². The molecule has 0 radical (unpaired) electrons. The van der Waals surface area contributed by atoms with E-state index >= 15 is 0 Å². The van der Waals surface area contributed by atoms with Crippen molar-refractivity contribution in [2.24, 2.45) is 11.7 Å². The van der Waals surface area contributed by atoms with Crippen molar-refractivity contribution in [2.75, 3.05) is 18.5 Å². The first kappa shape index (κ1) is 11.3. The average molecular weight is 220 g/mol. The van der Waals surface area contributed by atoms with E-state index in [4.69, 9.17) is 5.73 Å². The number of hydrogen-bond donors (Lipinski definition) is 1. The summed E-state index contributed by atoms with van der Waals surface area (Å²) in [5, 5.41) is 0. The molecule has 4 nitrogen and oxygen atoms in total. The molecular formula is C12H20N4. The second kappa shape index (κ2) is 4.78. The molecule has 1 fully saturated rings. The Morgan fingerprint density at radius 1 is 1.44 bits per heavy atom. The van der Waals surface area contributed by atoms with Crippen LogP contribution in [0, 0.1) is 5.92 Å². The van der Waals surface area contributed by atoms with Gasteiger partial charge in [-0.05, 0) is 25.2 Å². The van der Waals surface area contributed by atoms with Crippen molar-refractivity contribution in [1.82, 2.24) is 9.97 Å². The lowest BCUT2D eigenvalue weighted by molar-refractivity contribution is 0.270. The molecule has 1 saturated carbocycles. The summed E-state index contributed by atoms with van der Waals surface area (Å²) in [5.74, 6) is 1.76. The van der Waals surface area contributed by atoms with E-state index in [2.05, 4.69) is 34.9 Å². The molecule has 2 rings (SSSR count). The van der Waals surface area contributed by atoms with Crippen LogP contribution in [0.25, 0.3) is 0 Å². The highest BCUT2D eigenvalue weighted by Crippen LogP contribution is 2.27. The number of aromatic nitrogens is 2. The molecule has 0 saturated heterocycles. The summed E-state index contributed by atoms with van der Waals surface area (Å²) in [4.78, 5) is 10.7. The first-order valence-electron chi connectivity index (χ1n) is 5.96. The molecular weight excluding hydrogens is 200 g/mol. The van der Waals surface area contributed by atoms with E-state index in [1.165, 1.54) is 0 Å². The predicted octanol–water partition coefficient (Wildman–Crippen LogP) is 1.21. The fourth-order valence-corrected chi connectivity index (χ4v) is 2.21. The zero-order valence-electron chi connectivity index (χ0n) is 10.1. The topological polar surface area (TPSA) is 55.0 Å². The standard InChI is InChI=1S/C12H20N4/c1-3-11-6-12(15-8-14-11)16(2)7-9-4-10(13)5-9/h6,8-10H,3-5,7,13H2,1-2H3. The quantitative estimate of drug-likeness (QED) is 0.828. The maximum absolute atomic E-state index is 5.78. The first-order chi connectivity index (χ1) is 7.69. The van der Waals surface area contributed by atoms with Crippen molar-refractivity contribution in [3.63, 3.8) is 0 Å². The molecule has 0 atom stereocenters. The Morgan fingerprint density at radius 2 is 2.19 bits per heavy atom. The molecule has 0 aromatic carbocycles. The molecule has 1 aliphatic carbocycles. The van der Waals surface area contributed by atoms with E-state index < -0.39 is 0 Å². The van der Waals surface area contributed by atoms with E-state index in [1.807, 2.05) is 0 Å². The Morgan fingerprint density at radius 3 is 2.81 bits per heavy atom. The Kier molecular flexibility index (Phi) is 3.39. The molecule has 2 N–H and O–H groups in total. The van der Waals surface area contributed by atoms with Gasteiger partial charge >= 0.3 is 0 Å². The lowest BCUT2D eigenvalue weighted by Gasteiger charge is -2.35. The third-order valence-corrected chi connectivity index (χ3v) is 3.27. The van der Waals surface area contributed by atoms with Crippen LogP contribution in [0.2, 0.25) is 0 Å². The van der Waals surface area contributed by atoms with Gasteiger partial charge in [-0.3, -0.25) is 0 Å². The minimum Gasteiger partial charge on any atom is -0.359 e. The highest BCUT2D eigenvalue weighted by atomic mass is 15.2. The molecule has 0 amide bonds. The molecule has 0 bridgehead atoms. The molecule has 1 aromatic rings. The molecule has 1 heterocycles. The van der Waals surface area contributed by atoms with Crippen LogP contribution in [-0.4, -0.2) is 29.6 Å². The van der Waals surface area contributed by atoms with Crippen molar-refractivity contribution in [3.05, 3.63) is 18.1 Å². The number of hydrogen-bond acceptors (Lipinski definition) is 4. The molecule has 4 heteroatoms. The SMILES string of the molecule is CCc1cc(N(C)CC2CC(N)C2)ncn1. The van der Waals surface area contributed by atoms with Gasteiger partial charge in [0.05, 0.1) is 0 Å². The highest BCUT2D eigenvalue weighted by molar-refractivity contribution is 5.37. The van der Waals surface area contributed by atoms with Crippen LogP contribution in [0.3, 0.4) is 0 Å². The van der Waals surface area contributed by atoms with Gasteiger partial charge in [0.15, 0.2) is 0 Å². The van der Waals surface area contributed by atoms with E-state index in [0.29, 0.717) is 6.04 Å². The van der Waals surface area contributed by atoms with Gasteiger partial charge in [-0.15, -0.1) is 0 Å². The smallest absolute Gasteiger partial charge is 0.131 e. The molecule has 1 aliphatic rings. The van der Waals surface area contributed by atoms with Crippen LogP contribution in [-0.2, 0) is 6.42 Å². The summed E-state index contributed by atoms with van der Waals surface area (Å²) < 4.78 is 0. The van der Waals surface area contributed by atoms with E-state index in [1.54, 1.807) is 6.33 Å². The Labute approximate surface area is 96.9 Å². The van der Waals surface area contributed by atoms with Gasteiger partial charge in [0.2, 0.25) is 0 Å². The lowest BCUT2D eigenvalue weighted by atomic mass is 9.80. The van der Waals surface area contributed by atoms with Crippen LogP contribution >= 0.6 is 0 Å².